The molecule has 5 nitrogen and oxygen atoms in total. The maximum Gasteiger partial charge on any atom is 0.254 e. The Kier molecular flexibility index (Phi) is 5.60. The molecular weight excluding hydrogens is 338 g/mol. The lowest BCUT2D eigenvalue weighted by Crippen LogP contribution is -2.32. The zero-order chi connectivity index (χ0) is 19.4. The highest BCUT2D eigenvalue weighted by Crippen LogP contribution is 2.17. The van der Waals surface area contributed by atoms with Gasteiger partial charge in [0, 0.05) is 31.0 Å². The lowest BCUT2D eigenvalue weighted by atomic mass is 10.1. The Morgan fingerprint density at radius 2 is 2.07 bits per heavy atom. The van der Waals surface area contributed by atoms with Crippen molar-refractivity contribution in [2.24, 2.45) is 0 Å². The van der Waals surface area contributed by atoms with Gasteiger partial charge in [-0.1, -0.05) is 24.3 Å². The van der Waals surface area contributed by atoms with Crippen molar-refractivity contribution in [2.45, 2.75) is 27.4 Å². The minimum Gasteiger partial charge on any atom is -0.487 e. The van der Waals surface area contributed by atoms with E-state index in [1.165, 1.54) is 5.56 Å². The first-order valence-corrected chi connectivity index (χ1v) is 9.07. The minimum atomic E-state index is -0.0193. The number of benzene rings is 1. The number of imidazole rings is 1. The number of fused-ring (bicyclic) bond motifs is 1. The highest BCUT2D eigenvalue weighted by Gasteiger charge is 2.15. The Labute approximate surface area is 159 Å². The first-order valence-electron chi connectivity index (χ1n) is 9.07. The maximum atomic E-state index is 12.7. The van der Waals surface area contributed by atoms with Crippen LogP contribution in [0.2, 0.25) is 0 Å². The Morgan fingerprint density at radius 3 is 2.81 bits per heavy atom. The second kappa shape index (κ2) is 8.08. The molecule has 0 saturated heterocycles. The normalized spacial score (nSPS) is 10.8. The lowest BCUT2D eigenvalue weighted by Gasteiger charge is -2.21. The van der Waals surface area contributed by atoms with Crippen molar-refractivity contribution in [1.82, 2.24) is 14.3 Å². The average molecular weight is 363 g/mol. The molecule has 0 saturated carbocycles. The topological polar surface area (TPSA) is 46.8 Å². The summed E-state index contributed by atoms with van der Waals surface area (Å²) in [5.41, 5.74) is 4.48. The summed E-state index contributed by atoms with van der Waals surface area (Å²) in [6.07, 6.45) is 4.00. The number of carbonyl (C=O) groups excluding carboxylic acids is 1. The molecule has 140 valence electrons. The van der Waals surface area contributed by atoms with Crippen molar-refractivity contribution in [3.63, 3.8) is 0 Å². The summed E-state index contributed by atoms with van der Waals surface area (Å²) in [6.45, 7) is 11.4. The average Bonchev–Trinajstić information content (AvgIpc) is 3.06. The molecular formula is C22H25N3O2. The van der Waals surface area contributed by atoms with Crippen molar-refractivity contribution in [3.05, 3.63) is 77.8 Å². The zero-order valence-corrected chi connectivity index (χ0v) is 16.1. The monoisotopic (exact) mass is 363 g/mol. The minimum absolute atomic E-state index is 0.0193. The van der Waals surface area contributed by atoms with Gasteiger partial charge in [0.1, 0.15) is 18.0 Å². The van der Waals surface area contributed by atoms with Crippen LogP contribution in [0.5, 0.6) is 5.75 Å². The molecule has 0 N–H and O–H groups in total. The predicted molar refractivity (Wildman–Crippen MR) is 107 cm³/mol. The van der Waals surface area contributed by atoms with Crippen LogP contribution in [0, 0.1) is 6.92 Å². The number of likely N-dealkylation sites (N-methyl/N-ethyl adjacent to an activating group) is 1. The van der Waals surface area contributed by atoms with E-state index >= 15 is 0 Å². The summed E-state index contributed by atoms with van der Waals surface area (Å²) < 4.78 is 7.86. The van der Waals surface area contributed by atoms with Crippen molar-refractivity contribution < 1.29 is 9.53 Å². The van der Waals surface area contributed by atoms with Gasteiger partial charge in [0.15, 0.2) is 0 Å². The van der Waals surface area contributed by atoms with Gasteiger partial charge in [-0.15, -0.1) is 0 Å². The van der Waals surface area contributed by atoms with Crippen LogP contribution in [-0.2, 0) is 6.61 Å². The largest absolute Gasteiger partial charge is 0.487 e. The molecule has 0 fully saturated rings. The molecule has 2 heterocycles. The molecule has 0 bridgehead atoms. The van der Waals surface area contributed by atoms with E-state index in [9.17, 15) is 4.79 Å². The smallest absolute Gasteiger partial charge is 0.254 e. The SMILES string of the molecule is C=C(C)CN(CC)C(=O)c1cccc(OCc2cn3cc(C)ccc3n2)c1. The van der Waals surface area contributed by atoms with Crippen LogP contribution in [0.1, 0.15) is 35.5 Å². The van der Waals surface area contributed by atoms with Crippen LogP contribution in [-0.4, -0.2) is 33.3 Å². The molecule has 0 aliphatic rings. The van der Waals surface area contributed by atoms with Crippen LogP contribution < -0.4 is 4.74 Å². The second-order valence-corrected chi connectivity index (χ2v) is 6.80. The number of pyridine rings is 1. The molecule has 0 atom stereocenters. The zero-order valence-electron chi connectivity index (χ0n) is 16.1. The van der Waals surface area contributed by atoms with Gasteiger partial charge in [-0.3, -0.25) is 4.79 Å². The van der Waals surface area contributed by atoms with E-state index in [2.05, 4.69) is 11.6 Å². The van der Waals surface area contributed by atoms with E-state index in [4.69, 9.17) is 4.74 Å². The van der Waals surface area contributed by atoms with Gasteiger partial charge in [-0.05, 0) is 50.6 Å². The lowest BCUT2D eigenvalue weighted by molar-refractivity contribution is 0.0778. The molecule has 0 radical (unpaired) electrons. The summed E-state index contributed by atoms with van der Waals surface area (Å²) in [5.74, 6) is 0.634. The van der Waals surface area contributed by atoms with Crippen LogP contribution in [0.3, 0.4) is 0 Å². The number of rotatable bonds is 7. The fourth-order valence-electron chi connectivity index (χ4n) is 2.94. The van der Waals surface area contributed by atoms with E-state index in [0.29, 0.717) is 31.0 Å². The first kappa shape index (κ1) is 18.7. The number of nitrogens with zero attached hydrogens (tertiary/aromatic N) is 3. The number of amides is 1. The molecule has 27 heavy (non-hydrogen) atoms. The van der Waals surface area contributed by atoms with E-state index in [1.807, 2.05) is 67.9 Å². The third kappa shape index (κ3) is 4.56. The molecule has 0 unspecified atom stereocenters. The molecule has 0 spiro atoms. The number of carbonyl (C=O) groups is 1. The Bertz CT molecular complexity index is 975. The van der Waals surface area contributed by atoms with Gasteiger partial charge in [0.05, 0.1) is 5.69 Å². The van der Waals surface area contributed by atoms with Gasteiger partial charge in [0.25, 0.3) is 5.91 Å². The van der Waals surface area contributed by atoms with E-state index in [-0.39, 0.29) is 5.91 Å². The second-order valence-electron chi connectivity index (χ2n) is 6.80. The fourth-order valence-corrected chi connectivity index (χ4v) is 2.94. The van der Waals surface area contributed by atoms with Crippen LogP contribution in [0.15, 0.2) is 60.9 Å². The van der Waals surface area contributed by atoms with Gasteiger partial charge in [0.2, 0.25) is 0 Å². The Balaban J connectivity index is 1.71. The molecule has 0 aliphatic heterocycles. The summed E-state index contributed by atoms with van der Waals surface area (Å²) in [6, 6.07) is 11.3. The van der Waals surface area contributed by atoms with Crippen molar-refractivity contribution in [3.8, 4) is 5.75 Å². The third-order valence-electron chi connectivity index (χ3n) is 4.25. The molecule has 0 aliphatic carbocycles. The maximum absolute atomic E-state index is 12.7. The molecule has 5 heteroatoms. The quantitative estimate of drug-likeness (QED) is 0.589. The van der Waals surface area contributed by atoms with Crippen LogP contribution >= 0.6 is 0 Å². The van der Waals surface area contributed by atoms with Crippen LogP contribution in [0.25, 0.3) is 5.65 Å². The molecule has 3 rings (SSSR count). The van der Waals surface area contributed by atoms with Crippen molar-refractivity contribution in [2.75, 3.05) is 13.1 Å². The summed E-state index contributed by atoms with van der Waals surface area (Å²) in [4.78, 5) is 19.0. The summed E-state index contributed by atoms with van der Waals surface area (Å²) in [7, 11) is 0. The molecule has 1 amide bonds. The Morgan fingerprint density at radius 1 is 1.26 bits per heavy atom. The standard InChI is InChI=1S/C22H25N3O2/c1-5-24(12-16(2)3)22(26)18-7-6-8-20(11-18)27-15-19-14-25-13-17(4)9-10-21(25)23-19/h6-11,13-14H,2,5,12,15H2,1,3-4H3. The Hall–Kier alpha value is -3.08. The predicted octanol–water partition coefficient (Wildman–Crippen LogP) is 4.26. The number of aromatic nitrogens is 2. The summed E-state index contributed by atoms with van der Waals surface area (Å²) in [5, 5.41) is 0. The van der Waals surface area contributed by atoms with Gasteiger partial charge in [-0.2, -0.15) is 0 Å². The number of hydrogen-bond acceptors (Lipinski definition) is 3. The van der Waals surface area contributed by atoms with Gasteiger partial charge in [-0.25, -0.2) is 4.98 Å². The van der Waals surface area contributed by atoms with Crippen molar-refractivity contribution >= 4 is 11.6 Å². The molecule has 1 aromatic carbocycles. The highest BCUT2D eigenvalue weighted by molar-refractivity contribution is 5.94. The first-order chi connectivity index (χ1) is 13.0. The number of ether oxygens (including phenoxy) is 1. The highest BCUT2D eigenvalue weighted by atomic mass is 16.5. The van der Waals surface area contributed by atoms with Crippen molar-refractivity contribution in [1.29, 1.82) is 0 Å². The van der Waals surface area contributed by atoms with Gasteiger partial charge < -0.3 is 14.0 Å². The fraction of sp³-hybridized carbons (Fsp3) is 0.273. The molecule has 3 aromatic rings. The molecule has 2 aromatic heterocycles. The van der Waals surface area contributed by atoms with E-state index in [1.54, 1.807) is 11.0 Å². The number of hydrogen-bond donors (Lipinski definition) is 0. The number of aryl methyl sites for hydroxylation is 1. The van der Waals surface area contributed by atoms with E-state index < -0.39 is 0 Å². The van der Waals surface area contributed by atoms with E-state index in [0.717, 1.165) is 16.9 Å². The van der Waals surface area contributed by atoms with Gasteiger partial charge >= 0.3 is 0 Å². The van der Waals surface area contributed by atoms with Crippen LogP contribution in [0.4, 0.5) is 0 Å². The summed E-state index contributed by atoms with van der Waals surface area (Å²) >= 11 is 0. The third-order valence-corrected chi connectivity index (χ3v) is 4.25.